The van der Waals surface area contributed by atoms with Gasteiger partial charge in [-0.05, 0) is 18.2 Å². The highest BCUT2D eigenvalue weighted by molar-refractivity contribution is 7.81. The largest absolute Gasteiger partial charge is 0.370 e. The number of benzene rings is 1. The average Bonchev–Trinajstić information content (AvgIpc) is 2.72. The Kier molecular flexibility index (Phi) is 11.1. The van der Waals surface area contributed by atoms with Gasteiger partial charge in [0.15, 0.2) is 0 Å². The average molecular weight is 485 g/mol. The fraction of sp³-hybridized carbons (Fsp3) is 0.333. The van der Waals surface area contributed by atoms with Gasteiger partial charge in [-0.3, -0.25) is 28.8 Å². The lowest BCUT2D eigenvalue weighted by atomic mass is 10.1. The number of rotatable bonds is 12. The molecule has 0 aliphatic rings. The molecule has 1 aromatic carbocycles. The second-order valence-electron chi connectivity index (χ2n) is 6.46. The van der Waals surface area contributed by atoms with Crippen LogP contribution in [0.3, 0.4) is 0 Å². The highest BCUT2D eigenvalue weighted by Gasteiger charge is 2.24. The lowest BCUT2D eigenvalue weighted by Crippen LogP contribution is -2.46. The predicted octanol–water partition coefficient (Wildman–Crippen LogP) is -1.86. The SMILES string of the molecule is NC(=O)CC(NC(=O)CS)C(=O)Nc1cccc(NC(=O)C(CC(N)=O)NC(=O)CS)c1. The highest BCUT2D eigenvalue weighted by Crippen LogP contribution is 2.16. The van der Waals surface area contributed by atoms with Gasteiger partial charge in [-0.1, -0.05) is 6.07 Å². The number of primary amides is 2. The van der Waals surface area contributed by atoms with E-state index in [2.05, 4.69) is 46.5 Å². The predicted molar refractivity (Wildman–Crippen MR) is 123 cm³/mol. The minimum Gasteiger partial charge on any atom is -0.370 e. The van der Waals surface area contributed by atoms with Gasteiger partial charge >= 0.3 is 0 Å². The molecule has 6 amide bonds. The molecular formula is C18H24N6O6S2. The van der Waals surface area contributed by atoms with Crippen LogP contribution >= 0.6 is 25.3 Å². The topological polar surface area (TPSA) is 203 Å². The molecule has 0 spiro atoms. The van der Waals surface area contributed by atoms with E-state index in [9.17, 15) is 28.8 Å². The zero-order chi connectivity index (χ0) is 24.3. The van der Waals surface area contributed by atoms with Crippen molar-refractivity contribution in [2.75, 3.05) is 22.1 Å². The molecule has 174 valence electrons. The quantitative estimate of drug-likeness (QED) is 0.160. The maximum absolute atomic E-state index is 12.5. The Balaban J connectivity index is 2.92. The van der Waals surface area contributed by atoms with Crippen LogP contribution in [0.15, 0.2) is 24.3 Å². The molecule has 0 heterocycles. The fourth-order valence-electron chi connectivity index (χ4n) is 2.43. The number of anilines is 2. The van der Waals surface area contributed by atoms with Crippen molar-refractivity contribution >= 4 is 72.1 Å². The van der Waals surface area contributed by atoms with Gasteiger partial charge in [0.25, 0.3) is 0 Å². The summed E-state index contributed by atoms with van der Waals surface area (Å²) in [6, 6.07) is 3.45. The summed E-state index contributed by atoms with van der Waals surface area (Å²) in [5, 5.41) is 9.67. The fourth-order valence-corrected chi connectivity index (χ4v) is 2.62. The van der Waals surface area contributed by atoms with Crippen LogP contribution in [0.1, 0.15) is 12.8 Å². The number of thiol groups is 2. The zero-order valence-corrected chi connectivity index (χ0v) is 18.6. The van der Waals surface area contributed by atoms with Crippen molar-refractivity contribution in [1.29, 1.82) is 0 Å². The second-order valence-corrected chi connectivity index (χ2v) is 7.09. The Labute approximate surface area is 194 Å². The van der Waals surface area contributed by atoms with E-state index >= 15 is 0 Å². The summed E-state index contributed by atoms with van der Waals surface area (Å²) >= 11 is 7.60. The zero-order valence-electron chi connectivity index (χ0n) is 16.8. The van der Waals surface area contributed by atoms with Gasteiger partial charge in [0.1, 0.15) is 12.1 Å². The van der Waals surface area contributed by atoms with Gasteiger partial charge in [0.2, 0.25) is 35.4 Å². The number of nitrogens with one attached hydrogen (secondary N) is 4. The first-order valence-corrected chi connectivity index (χ1v) is 10.4. The summed E-state index contributed by atoms with van der Waals surface area (Å²) in [7, 11) is 0. The molecule has 0 aliphatic carbocycles. The monoisotopic (exact) mass is 484 g/mol. The maximum Gasteiger partial charge on any atom is 0.247 e. The lowest BCUT2D eigenvalue weighted by molar-refractivity contribution is -0.127. The first-order valence-electron chi connectivity index (χ1n) is 9.14. The first kappa shape index (κ1) is 26.8. The van der Waals surface area contributed by atoms with Crippen LogP contribution in [-0.4, -0.2) is 59.0 Å². The van der Waals surface area contributed by atoms with Crippen molar-refractivity contribution in [1.82, 2.24) is 10.6 Å². The Hall–Kier alpha value is -3.26. The number of nitrogens with two attached hydrogens (primary N) is 2. The van der Waals surface area contributed by atoms with E-state index in [1.807, 2.05) is 0 Å². The first-order chi connectivity index (χ1) is 15.0. The summed E-state index contributed by atoms with van der Waals surface area (Å²) in [6.07, 6.45) is -0.858. The molecule has 0 fully saturated rings. The second kappa shape index (κ2) is 13.2. The third-order valence-electron chi connectivity index (χ3n) is 3.80. The number of hydrogen-bond acceptors (Lipinski definition) is 8. The lowest BCUT2D eigenvalue weighted by Gasteiger charge is -2.18. The molecule has 32 heavy (non-hydrogen) atoms. The van der Waals surface area contributed by atoms with E-state index in [4.69, 9.17) is 11.5 Å². The van der Waals surface area contributed by atoms with Crippen molar-refractivity contribution in [3.05, 3.63) is 24.3 Å². The molecular weight excluding hydrogens is 460 g/mol. The smallest absolute Gasteiger partial charge is 0.247 e. The van der Waals surface area contributed by atoms with Crippen LogP contribution in [0.5, 0.6) is 0 Å². The van der Waals surface area contributed by atoms with Gasteiger partial charge in [0, 0.05) is 11.4 Å². The van der Waals surface area contributed by atoms with Gasteiger partial charge in [-0.2, -0.15) is 25.3 Å². The molecule has 1 aromatic rings. The van der Waals surface area contributed by atoms with E-state index in [1.165, 1.54) is 24.3 Å². The number of carbonyl (C=O) groups excluding carboxylic acids is 6. The van der Waals surface area contributed by atoms with Crippen LogP contribution in [0.25, 0.3) is 0 Å². The number of hydrogen-bond donors (Lipinski definition) is 8. The van der Waals surface area contributed by atoms with Gasteiger partial charge in [-0.25, -0.2) is 0 Å². The van der Waals surface area contributed by atoms with E-state index in [1.54, 1.807) is 0 Å². The number of amides is 6. The van der Waals surface area contributed by atoms with Crippen molar-refractivity contribution < 1.29 is 28.8 Å². The molecule has 0 saturated carbocycles. The van der Waals surface area contributed by atoms with E-state index in [0.717, 1.165) is 0 Å². The Bertz CT molecular complexity index is 829. The summed E-state index contributed by atoms with van der Waals surface area (Å²) in [5.74, 6) is -4.55. The third-order valence-corrected chi connectivity index (χ3v) is 4.37. The molecule has 0 radical (unpaired) electrons. The molecule has 0 aliphatic heterocycles. The summed E-state index contributed by atoms with van der Waals surface area (Å²) in [4.78, 5) is 70.4. The van der Waals surface area contributed by atoms with Crippen LogP contribution in [0.4, 0.5) is 11.4 Å². The van der Waals surface area contributed by atoms with Crippen molar-refractivity contribution in [2.24, 2.45) is 11.5 Å². The van der Waals surface area contributed by atoms with E-state index < -0.39 is 60.4 Å². The van der Waals surface area contributed by atoms with Crippen molar-refractivity contribution in [3.8, 4) is 0 Å². The Morgan fingerprint density at radius 1 is 0.750 bits per heavy atom. The molecule has 0 bridgehead atoms. The van der Waals surface area contributed by atoms with Crippen LogP contribution < -0.4 is 32.7 Å². The Morgan fingerprint density at radius 2 is 1.12 bits per heavy atom. The Morgan fingerprint density at radius 3 is 1.44 bits per heavy atom. The summed E-state index contributed by atoms with van der Waals surface area (Å²) in [6.45, 7) is 0. The van der Waals surface area contributed by atoms with Crippen LogP contribution in [0, 0.1) is 0 Å². The third kappa shape index (κ3) is 9.70. The van der Waals surface area contributed by atoms with Crippen molar-refractivity contribution in [3.63, 3.8) is 0 Å². The molecule has 8 N–H and O–H groups in total. The normalized spacial score (nSPS) is 12.1. The molecule has 12 nitrogen and oxygen atoms in total. The van der Waals surface area contributed by atoms with Crippen LogP contribution in [0.2, 0.25) is 0 Å². The van der Waals surface area contributed by atoms with Gasteiger partial charge in [-0.15, -0.1) is 0 Å². The highest BCUT2D eigenvalue weighted by atomic mass is 32.1. The molecule has 0 saturated heterocycles. The van der Waals surface area contributed by atoms with Crippen LogP contribution in [-0.2, 0) is 28.8 Å². The van der Waals surface area contributed by atoms with Gasteiger partial charge < -0.3 is 32.7 Å². The van der Waals surface area contributed by atoms with Gasteiger partial charge in [0.05, 0.1) is 24.3 Å². The molecule has 14 heteroatoms. The molecule has 2 unspecified atom stereocenters. The maximum atomic E-state index is 12.5. The van der Waals surface area contributed by atoms with E-state index in [-0.39, 0.29) is 22.9 Å². The molecule has 1 rings (SSSR count). The molecule has 0 aromatic heterocycles. The minimum atomic E-state index is -1.22. The minimum absolute atomic E-state index is 0.194. The molecule has 2 atom stereocenters. The van der Waals surface area contributed by atoms with Crippen molar-refractivity contribution in [2.45, 2.75) is 24.9 Å². The van der Waals surface area contributed by atoms with E-state index in [0.29, 0.717) is 0 Å². The standard InChI is InChI=1S/C18H24N6O6S2/c19-13(25)5-11(23-15(27)7-31)17(29)21-9-2-1-3-10(4-9)22-18(30)12(6-14(20)26)24-16(28)8-32/h1-4,11-12,31-32H,5-8H2,(H2,19,25)(H2,20,26)(H,21,29)(H,22,30)(H,23,27)(H,24,28). The summed E-state index contributed by atoms with van der Waals surface area (Å²) in [5.41, 5.74) is 10.7. The summed E-state index contributed by atoms with van der Waals surface area (Å²) < 4.78 is 0. The number of carbonyl (C=O) groups is 6.